The smallest absolute Gasteiger partial charge is 0.245 e. The van der Waals surface area contributed by atoms with Crippen LogP contribution in [0.2, 0.25) is 0 Å². The highest BCUT2D eigenvalue weighted by Gasteiger charge is 2.40. The van der Waals surface area contributed by atoms with Crippen LogP contribution in [-0.2, 0) is 4.79 Å². The van der Waals surface area contributed by atoms with Gasteiger partial charge in [0, 0.05) is 12.2 Å². The number of aryl methyl sites for hydroxylation is 2. The van der Waals surface area contributed by atoms with Gasteiger partial charge in [0.25, 0.3) is 0 Å². The summed E-state index contributed by atoms with van der Waals surface area (Å²) in [6.45, 7) is 8.67. The molecule has 2 rings (SSSR count). The van der Waals surface area contributed by atoms with E-state index in [1.165, 1.54) is 11.1 Å². The molecule has 1 aliphatic rings. The van der Waals surface area contributed by atoms with Crippen LogP contribution in [0.25, 0.3) is 0 Å². The first kappa shape index (κ1) is 13.9. The molecular weight excluding hydrogens is 240 g/mol. The Morgan fingerprint density at radius 1 is 1.37 bits per heavy atom. The number of anilines is 1. The van der Waals surface area contributed by atoms with Gasteiger partial charge in [0.15, 0.2) is 0 Å². The molecule has 4 nitrogen and oxygen atoms in total. The third kappa shape index (κ3) is 2.45. The molecule has 0 bridgehead atoms. The molecule has 2 N–H and O–H groups in total. The fourth-order valence-corrected chi connectivity index (χ4v) is 2.61. The highest BCUT2D eigenvalue weighted by molar-refractivity contribution is 5.87. The zero-order valence-electron chi connectivity index (χ0n) is 12.0. The van der Waals surface area contributed by atoms with Crippen molar-refractivity contribution in [1.82, 2.24) is 5.32 Å². The van der Waals surface area contributed by atoms with E-state index in [1.807, 2.05) is 11.0 Å². The van der Waals surface area contributed by atoms with Crippen LogP contribution in [0.5, 0.6) is 0 Å². The van der Waals surface area contributed by atoms with Gasteiger partial charge in [-0.1, -0.05) is 6.07 Å². The number of carbonyl (C=O) groups excluding carboxylic acids is 1. The maximum absolute atomic E-state index is 11.9. The Morgan fingerprint density at radius 3 is 2.63 bits per heavy atom. The standard InChI is InChI=1S/C15H22N2O2/c1-10-5-6-12(7-11(10)2)17-13(8-18)14(19)16-9-15(17,3)4/h5-7,13,18H,8-9H2,1-4H3,(H,16,19). The number of rotatable bonds is 2. The van der Waals surface area contributed by atoms with Crippen LogP contribution in [-0.4, -0.2) is 35.7 Å². The second-order valence-corrected chi connectivity index (χ2v) is 5.87. The zero-order valence-corrected chi connectivity index (χ0v) is 12.0. The molecule has 0 saturated carbocycles. The molecule has 1 aromatic rings. The van der Waals surface area contributed by atoms with E-state index in [9.17, 15) is 9.90 Å². The molecule has 1 atom stereocenters. The van der Waals surface area contributed by atoms with Crippen molar-refractivity contribution in [2.75, 3.05) is 18.1 Å². The maximum Gasteiger partial charge on any atom is 0.245 e. The largest absolute Gasteiger partial charge is 0.394 e. The van der Waals surface area contributed by atoms with E-state index in [4.69, 9.17) is 0 Å². The summed E-state index contributed by atoms with van der Waals surface area (Å²) in [5, 5.41) is 12.4. The number of piperazine rings is 1. The monoisotopic (exact) mass is 262 g/mol. The van der Waals surface area contributed by atoms with E-state index >= 15 is 0 Å². The van der Waals surface area contributed by atoms with Gasteiger partial charge in [-0.05, 0) is 51.0 Å². The van der Waals surface area contributed by atoms with Gasteiger partial charge in [-0.3, -0.25) is 4.79 Å². The average Bonchev–Trinajstić information content (AvgIpc) is 2.35. The van der Waals surface area contributed by atoms with Gasteiger partial charge >= 0.3 is 0 Å². The first-order valence-electron chi connectivity index (χ1n) is 6.62. The number of nitrogens with zero attached hydrogens (tertiary/aromatic N) is 1. The highest BCUT2D eigenvalue weighted by Crippen LogP contribution is 2.30. The minimum Gasteiger partial charge on any atom is -0.394 e. The Bertz CT molecular complexity index is 497. The Labute approximate surface area is 114 Å². The van der Waals surface area contributed by atoms with Gasteiger partial charge in [-0.15, -0.1) is 0 Å². The molecule has 1 aromatic carbocycles. The summed E-state index contributed by atoms with van der Waals surface area (Å²) in [4.78, 5) is 14.0. The number of carbonyl (C=O) groups is 1. The fraction of sp³-hybridized carbons (Fsp3) is 0.533. The number of aliphatic hydroxyl groups is 1. The Morgan fingerprint density at radius 2 is 2.05 bits per heavy atom. The van der Waals surface area contributed by atoms with Crippen molar-refractivity contribution in [3.05, 3.63) is 29.3 Å². The average molecular weight is 262 g/mol. The van der Waals surface area contributed by atoms with E-state index in [-0.39, 0.29) is 18.1 Å². The minimum absolute atomic E-state index is 0.111. The van der Waals surface area contributed by atoms with Gasteiger partial charge in [-0.25, -0.2) is 0 Å². The van der Waals surface area contributed by atoms with Crippen molar-refractivity contribution in [2.45, 2.75) is 39.3 Å². The van der Waals surface area contributed by atoms with Gasteiger partial charge in [0.05, 0.1) is 12.1 Å². The van der Waals surface area contributed by atoms with E-state index in [0.29, 0.717) is 6.54 Å². The molecule has 104 valence electrons. The second kappa shape index (κ2) is 4.85. The third-order valence-corrected chi connectivity index (χ3v) is 3.90. The predicted molar refractivity (Wildman–Crippen MR) is 76.4 cm³/mol. The first-order chi connectivity index (χ1) is 8.86. The summed E-state index contributed by atoms with van der Waals surface area (Å²) >= 11 is 0. The van der Waals surface area contributed by atoms with E-state index in [1.54, 1.807) is 0 Å². The molecule has 1 amide bonds. The van der Waals surface area contributed by atoms with Crippen LogP contribution < -0.4 is 10.2 Å². The van der Waals surface area contributed by atoms with Crippen molar-refractivity contribution < 1.29 is 9.90 Å². The first-order valence-corrected chi connectivity index (χ1v) is 6.62. The normalized spacial score (nSPS) is 22.3. The lowest BCUT2D eigenvalue weighted by atomic mass is 9.94. The number of hydrogen-bond acceptors (Lipinski definition) is 3. The summed E-state index contributed by atoms with van der Waals surface area (Å²) in [6, 6.07) is 5.64. The Balaban J connectivity index is 2.47. The van der Waals surface area contributed by atoms with Crippen molar-refractivity contribution in [3.63, 3.8) is 0 Å². The molecule has 1 fully saturated rings. The molecular formula is C15H22N2O2. The maximum atomic E-state index is 11.9. The molecule has 1 aliphatic heterocycles. The molecule has 19 heavy (non-hydrogen) atoms. The SMILES string of the molecule is Cc1ccc(N2C(CO)C(=O)NCC2(C)C)cc1C. The molecule has 0 spiro atoms. The summed E-state index contributed by atoms with van der Waals surface area (Å²) < 4.78 is 0. The number of nitrogens with one attached hydrogen (secondary N) is 1. The topological polar surface area (TPSA) is 52.6 Å². The number of benzene rings is 1. The van der Waals surface area contributed by atoms with E-state index < -0.39 is 6.04 Å². The van der Waals surface area contributed by atoms with Gasteiger partial charge < -0.3 is 15.3 Å². The predicted octanol–water partition coefficient (Wildman–Crippen LogP) is 1.38. The lowest BCUT2D eigenvalue weighted by Gasteiger charge is -2.48. The van der Waals surface area contributed by atoms with Crippen LogP contribution in [0.1, 0.15) is 25.0 Å². The van der Waals surface area contributed by atoms with Crippen molar-refractivity contribution in [2.24, 2.45) is 0 Å². The number of aliphatic hydroxyl groups excluding tert-OH is 1. The Hall–Kier alpha value is -1.55. The van der Waals surface area contributed by atoms with Crippen LogP contribution >= 0.6 is 0 Å². The van der Waals surface area contributed by atoms with Crippen LogP contribution in [0.3, 0.4) is 0 Å². The van der Waals surface area contributed by atoms with Crippen molar-refractivity contribution in [3.8, 4) is 0 Å². The number of hydrogen-bond donors (Lipinski definition) is 2. The molecule has 0 aromatic heterocycles. The second-order valence-electron chi connectivity index (χ2n) is 5.87. The third-order valence-electron chi connectivity index (χ3n) is 3.90. The summed E-state index contributed by atoms with van der Waals surface area (Å²) in [7, 11) is 0. The molecule has 4 heteroatoms. The van der Waals surface area contributed by atoms with Gasteiger partial charge in [0.2, 0.25) is 5.91 Å². The fourth-order valence-electron chi connectivity index (χ4n) is 2.61. The summed E-state index contributed by atoms with van der Waals surface area (Å²) in [5.74, 6) is -0.111. The molecule has 1 saturated heterocycles. The zero-order chi connectivity index (χ0) is 14.2. The highest BCUT2D eigenvalue weighted by atomic mass is 16.3. The minimum atomic E-state index is -0.522. The molecule has 0 aliphatic carbocycles. The number of amides is 1. The van der Waals surface area contributed by atoms with Crippen molar-refractivity contribution >= 4 is 11.6 Å². The van der Waals surface area contributed by atoms with Crippen LogP contribution in [0, 0.1) is 13.8 Å². The lowest BCUT2D eigenvalue weighted by Crippen LogP contribution is -2.67. The molecule has 1 heterocycles. The van der Waals surface area contributed by atoms with E-state index in [2.05, 4.69) is 45.1 Å². The van der Waals surface area contributed by atoms with Gasteiger partial charge in [0.1, 0.15) is 6.04 Å². The van der Waals surface area contributed by atoms with Crippen LogP contribution in [0.4, 0.5) is 5.69 Å². The van der Waals surface area contributed by atoms with Crippen LogP contribution in [0.15, 0.2) is 18.2 Å². The molecule has 0 radical (unpaired) electrons. The Kier molecular flexibility index (Phi) is 3.54. The lowest BCUT2D eigenvalue weighted by molar-refractivity contribution is -0.125. The van der Waals surface area contributed by atoms with Crippen molar-refractivity contribution in [1.29, 1.82) is 0 Å². The van der Waals surface area contributed by atoms with E-state index in [0.717, 1.165) is 5.69 Å². The molecule has 1 unspecified atom stereocenters. The quantitative estimate of drug-likeness (QED) is 0.846. The van der Waals surface area contributed by atoms with Gasteiger partial charge in [-0.2, -0.15) is 0 Å². The summed E-state index contributed by atoms with van der Waals surface area (Å²) in [6.07, 6.45) is 0. The summed E-state index contributed by atoms with van der Waals surface area (Å²) in [5.41, 5.74) is 3.18.